The summed E-state index contributed by atoms with van der Waals surface area (Å²) in [4.78, 5) is 20.1. The van der Waals surface area contributed by atoms with Crippen molar-refractivity contribution in [2.45, 2.75) is 37.7 Å². The zero-order valence-corrected chi connectivity index (χ0v) is 15.6. The molecule has 2 fully saturated rings. The van der Waals surface area contributed by atoms with Gasteiger partial charge >= 0.3 is 0 Å². The van der Waals surface area contributed by atoms with Gasteiger partial charge in [-0.25, -0.2) is 8.78 Å². The predicted octanol–water partition coefficient (Wildman–Crippen LogP) is 2.07. The topological polar surface area (TPSA) is 71.7 Å². The quantitative estimate of drug-likeness (QED) is 0.866. The van der Waals surface area contributed by atoms with Gasteiger partial charge in [-0.2, -0.15) is 0 Å². The molecule has 2 aliphatic heterocycles. The van der Waals surface area contributed by atoms with Crippen molar-refractivity contribution >= 4 is 16.8 Å². The van der Waals surface area contributed by atoms with E-state index < -0.39 is 12.3 Å². The molecule has 4 rings (SSSR count). The number of amides is 1. The smallest absolute Gasteiger partial charge is 0.238 e. The monoisotopic (exact) mass is 390 g/mol. The van der Waals surface area contributed by atoms with Gasteiger partial charge in [0.1, 0.15) is 23.8 Å². The van der Waals surface area contributed by atoms with Crippen LogP contribution in [0.25, 0.3) is 10.9 Å². The van der Waals surface area contributed by atoms with Crippen LogP contribution in [0.5, 0.6) is 5.75 Å². The van der Waals surface area contributed by atoms with E-state index in [4.69, 9.17) is 10.5 Å². The zero-order chi connectivity index (χ0) is 19.7. The molecule has 0 spiro atoms. The number of piperidine rings is 1. The van der Waals surface area contributed by atoms with Crippen LogP contribution in [0, 0.1) is 5.82 Å². The molecule has 6 nitrogen and oxygen atoms in total. The van der Waals surface area contributed by atoms with Gasteiger partial charge in [0.2, 0.25) is 5.91 Å². The van der Waals surface area contributed by atoms with Gasteiger partial charge in [-0.15, -0.1) is 0 Å². The van der Waals surface area contributed by atoms with E-state index in [1.165, 1.54) is 17.0 Å². The third-order valence-corrected chi connectivity index (χ3v) is 5.46. The number of carbonyl (C=O) groups is 1. The van der Waals surface area contributed by atoms with E-state index >= 15 is 0 Å². The Balaban J connectivity index is 1.32. The van der Waals surface area contributed by atoms with E-state index in [0.29, 0.717) is 29.7 Å². The van der Waals surface area contributed by atoms with Crippen molar-refractivity contribution in [3.05, 3.63) is 36.3 Å². The first-order valence-corrected chi connectivity index (χ1v) is 9.62. The molecule has 1 aromatic heterocycles. The fourth-order valence-electron chi connectivity index (χ4n) is 3.94. The number of nitrogens with zero attached hydrogens (tertiary/aromatic N) is 3. The van der Waals surface area contributed by atoms with Crippen LogP contribution in [-0.2, 0) is 4.79 Å². The van der Waals surface area contributed by atoms with Crippen molar-refractivity contribution in [3.8, 4) is 5.75 Å². The second-order valence-corrected chi connectivity index (χ2v) is 7.51. The van der Waals surface area contributed by atoms with Gasteiger partial charge in [-0.3, -0.25) is 14.7 Å². The summed E-state index contributed by atoms with van der Waals surface area (Å²) in [5.74, 6) is 0.174. The summed E-state index contributed by atoms with van der Waals surface area (Å²) in [6, 6.07) is 6.20. The van der Waals surface area contributed by atoms with Crippen LogP contribution < -0.4 is 10.5 Å². The van der Waals surface area contributed by atoms with Gasteiger partial charge in [-0.05, 0) is 37.1 Å². The van der Waals surface area contributed by atoms with Crippen molar-refractivity contribution < 1.29 is 18.3 Å². The summed E-state index contributed by atoms with van der Waals surface area (Å²) in [6.45, 7) is 1.74. The average molecular weight is 390 g/mol. The average Bonchev–Trinajstić information content (AvgIpc) is 3.02. The Kier molecular flexibility index (Phi) is 5.41. The maximum atomic E-state index is 13.6. The van der Waals surface area contributed by atoms with Crippen LogP contribution in [0.15, 0.2) is 30.5 Å². The van der Waals surface area contributed by atoms with Gasteiger partial charge < -0.3 is 15.4 Å². The van der Waals surface area contributed by atoms with Gasteiger partial charge in [0.15, 0.2) is 0 Å². The summed E-state index contributed by atoms with van der Waals surface area (Å²) < 4.78 is 33.1. The third kappa shape index (κ3) is 4.07. The fraction of sp³-hybridized carbons (Fsp3) is 0.500. The van der Waals surface area contributed by atoms with E-state index in [2.05, 4.69) is 4.98 Å². The first kappa shape index (κ1) is 19.0. The highest BCUT2D eigenvalue weighted by molar-refractivity contribution is 5.84. The zero-order valence-electron chi connectivity index (χ0n) is 15.6. The number of pyridine rings is 1. The Hall–Kier alpha value is -2.32. The number of benzene rings is 1. The normalized spacial score (nSPS) is 24.0. The number of hydrogen-bond acceptors (Lipinski definition) is 5. The first-order chi connectivity index (χ1) is 13.5. The van der Waals surface area contributed by atoms with Crippen LogP contribution in [0.3, 0.4) is 0 Å². The van der Waals surface area contributed by atoms with Gasteiger partial charge in [0, 0.05) is 31.1 Å². The molecule has 2 atom stereocenters. The van der Waals surface area contributed by atoms with E-state index in [-0.39, 0.29) is 37.3 Å². The predicted molar refractivity (Wildman–Crippen MR) is 101 cm³/mol. The van der Waals surface area contributed by atoms with Crippen molar-refractivity contribution in [1.82, 2.24) is 14.8 Å². The molecule has 3 heterocycles. The molecular formula is C20H24F2N4O2. The number of carbonyl (C=O) groups excluding carboxylic acids is 1. The van der Waals surface area contributed by atoms with Crippen LogP contribution >= 0.6 is 0 Å². The minimum Gasteiger partial charge on any atom is -0.490 e. The second-order valence-electron chi connectivity index (χ2n) is 7.51. The molecule has 8 heteroatoms. The summed E-state index contributed by atoms with van der Waals surface area (Å²) in [5.41, 5.74) is 6.52. The summed E-state index contributed by atoms with van der Waals surface area (Å²) in [7, 11) is 0. The number of fused-ring (bicyclic) bond motifs is 1. The molecule has 150 valence electrons. The van der Waals surface area contributed by atoms with E-state index in [0.717, 1.165) is 12.8 Å². The number of halogens is 2. The van der Waals surface area contributed by atoms with Crippen LogP contribution in [0.1, 0.15) is 19.3 Å². The van der Waals surface area contributed by atoms with Gasteiger partial charge in [0.25, 0.3) is 0 Å². The van der Waals surface area contributed by atoms with Crippen molar-refractivity contribution in [2.24, 2.45) is 5.73 Å². The number of aromatic nitrogens is 1. The molecule has 28 heavy (non-hydrogen) atoms. The largest absolute Gasteiger partial charge is 0.490 e. The molecule has 1 aromatic carbocycles. The number of alkyl halides is 1. The molecule has 0 saturated carbocycles. The summed E-state index contributed by atoms with van der Waals surface area (Å²) in [6.07, 6.45) is 1.81. The summed E-state index contributed by atoms with van der Waals surface area (Å²) >= 11 is 0. The number of likely N-dealkylation sites (tertiary alicyclic amines) is 2. The molecule has 1 amide bonds. The van der Waals surface area contributed by atoms with Gasteiger partial charge in [-0.1, -0.05) is 0 Å². The highest BCUT2D eigenvalue weighted by Crippen LogP contribution is 2.27. The lowest BCUT2D eigenvalue weighted by molar-refractivity contribution is -0.133. The van der Waals surface area contributed by atoms with E-state index in [1.807, 2.05) is 4.90 Å². The summed E-state index contributed by atoms with van der Waals surface area (Å²) in [5, 5.41) is 0.656. The Labute approximate surface area is 162 Å². The van der Waals surface area contributed by atoms with Crippen molar-refractivity contribution in [3.63, 3.8) is 0 Å². The highest BCUT2D eigenvalue weighted by Gasteiger charge is 2.34. The molecule has 2 saturated heterocycles. The number of ether oxygens (including phenoxy) is 1. The molecule has 2 N–H and O–H groups in total. The Bertz CT molecular complexity index is 857. The van der Waals surface area contributed by atoms with Crippen LogP contribution in [0.4, 0.5) is 8.78 Å². The third-order valence-electron chi connectivity index (χ3n) is 5.46. The SMILES string of the molecule is N[C@@H]1C[C@H](F)CN1C(=O)CN1CCC(Oc2ccnc3ccc(F)cc23)CC1. The first-order valence-electron chi connectivity index (χ1n) is 9.62. The van der Waals surface area contributed by atoms with Crippen molar-refractivity contribution in [2.75, 3.05) is 26.2 Å². The highest BCUT2D eigenvalue weighted by atomic mass is 19.1. The minimum atomic E-state index is -1.03. The van der Waals surface area contributed by atoms with Crippen molar-refractivity contribution in [1.29, 1.82) is 0 Å². The van der Waals surface area contributed by atoms with Crippen LogP contribution in [0.2, 0.25) is 0 Å². The molecule has 0 unspecified atom stereocenters. The van der Waals surface area contributed by atoms with Gasteiger partial charge in [0.05, 0.1) is 24.8 Å². The molecule has 2 aliphatic rings. The molecule has 0 bridgehead atoms. The second kappa shape index (κ2) is 7.97. The molecule has 2 aromatic rings. The maximum Gasteiger partial charge on any atom is 0.238 e. The minimum absolute atomic E-state index is 0.00974. The Morgan fingerprint density at radius 2 is 2.07 bits per heavy atom. The number of rotatable bonds is 4. The fourth-order valence-corrected chi connectivity index (χ4v) is 3.94. The lowest BCUT2D eigenvalue weighted by Crippen LogP contribution is -2.48. The maximum absolute atomic E-state index is 13.6. The van der Waals surface area contributed by atoms with E-state index in [9.17, 15) is 13.6 Å². The van der Waals surface area contributed by atoms with Crippen LogP contribution in [-0.4, -0.2) is 65.3 Å². The molecular weight excluding hydrogens is 366 g/mol. The standard InChI is InChI=1S/C20H24F2N4O2/c21-13-1-2-17-16(9-13)18(3-6-24-17)28-15-4-7-25(8-5-15)12-20(27)26-11-14(22)10-19(26)23/h1-3,6,9,14-15,19H,4-5,7-8,10-12,23H2/t14-,19-/m0/s1. The number of nitrogens with two attached hydrogens (primary N) is 1. The van der Waals surface area contributed by atoms with E-state index in [1.54, 1.807) is 18.3 Å². The Morgan fingerprint density at radius 3 is 2.79 bits per heavy atom. The Morgan fingerprint density at radius 1 is 1.29 bits per heavy atom. The molecule has 0 aliphatic carbocycles. The molecule has 0 radical (unpaired) electrons. The number of hydrogen-bond donors (Lipinski definition) is 1. The lowest BCUT2D eigenvalue weighted by atomic mass is 10.1. The lowest BCUT2D eigenvalue weighted by Gasteiger charge is -2.33.